The first kappa shape index (κ1) is 14.4. The zero-order valence-electron chi connectivity index (χ0n) is 11.2. The normalized spacial score (nSPS) is 23.4. The summed E-state index contributed by atoms with van der Waals surface area (Å²) < 4.78 is 29.2. The maximum atomic E-state index is 12.1. The predicted molar refractivity (Wildman–Crippen MR) is 72.6 cm³/mol. The summed E-state index contributed by atoms with van der Waals surface area (Å²) in [5, 5.41) is 17.6. The van der Waals surface area contributed by atoms with Crippen molar-refractivity contribution < 1.29 is 13.2 Å². The zero-order valence-corrected chi connectivity index (χ0v) is 12.0. The second-order valence-electron chi connectivity index (χ2n) is 4.72. The number of nitrogens with zero attached hydrogens (tertiary/aromatic N) is 2. The molecule has 5 nitrogen and oxygen atoms in total. The Morgan fingerprint density at radius 3 is 2.20 bits per heavy atom. The molecule has 0 spiro atoms. The van der Waals surface area contributed by atoms with Crippen LogP contribution in [-0.2, 0) is 9.84 Å². The molecule has 0 heterocycles. The van der Waals surface area contributed by atoms with Crippen LogP contribution in [-0.4, -0.2) is 26.5 Å². The number of hydrogen-bond donors (Lipinski definition) is 0. The van der Waals surface area contributed by atoms with Crippen LogP contribution in [0.1, 0.15) is 18.4 Å². The molecule has 0 radical (unpaired) electrons. The summed E-state index contributed by atoms with van der Waals surface area (Å²) in [5.41, 5.74) is -0.792. The summed E-state index contributed by atoms with van der Waals surface area (Å²) in [4.78, 5) is 0. The second-order valence-corrected chi connectivity index (χ2v) is 7.13. The quantitative estimate of drug-likeness (QED) is 0.840. The topological polar surface area (TPSA) is 90.9 Å². The van der Waals surface area contributed by atoms with E-state index in [0.29, 0.717) is 11.3 Å². The number of nitriles is 2. The molecule has 1 aromatic rings. The monoisotopic (exact) mass is 290 g/mol. The van der Waals surface area contributed by atoms with Crippen LogP contribution in [0.2, 0.25) is 0 Å². The lowest BCUT2D eigenvalue weighted by molar-refractivity contribution is 0.414. The van der Waals surface area contributed by atoms with Crippen LogP contribution in [0.3, 0.4) is 0 Å². The third-order valence-corrected chi connectivity index (χ3v) is 5.99. The third kappa shape index (κ3) is 1.93. The van der Waals surface area contributed by atoms with Gasteiger partial charge in [-0.05, 0) is 17.7 Å². The number of rotatable bonds is 4. The Bertz CT molecular complexity index is 681. The molecule has 0 bridgehead atoms. The van der Waals surface area contributed by atoms with E-state index in [2.05, 4.69) is 0 Å². The van der Waals surface area contributed by atoms with Crippen molar-refractivity contribution in [2.24, 2.45) is 5.41 Å². The fraction of sp³-hybridized carbons (Fsp3) is 0.429. The Hall–Kier alpha value is -2.05. The van der Waals surface area contributed by atoms with Gasteiger partial charge in [0.2, 0.25) is 0 Å². The highest BCUT2D eigenvalue weighted by Gasteiger charge is 2.72. The number of sulfone groups is 1. The van der Waals surface area contributed by atoms with Crippen LogP contribution in [0.4, 0.5) is 0 Å². The minimum atomic E-state index is -3.45. The van der Waals surface area contributed by atoms with E-state index >= 15 is 0 Å². The summed E-state index contributed by atoms with van der Waals surface area (Å²) >= 11 is 0. The van der Waals surface area contributed by atoms with Gasteiger partial charge in [0.25, 0.3) is 0 Å². The Balaban J connectivity index is 2.45. The van der Waals surface area contributed by atoms with E-state index in [4.69, 9.17) is 4.74 Å². The molecule has 20 heavy (non-hydrogen) atoms. The van der Waals surface area contributed by atoms with Gasteiger partial charge in [0.05, 0.1) is 19.2 Å². The van der Waals surface area contributed by atoms with Gasteiger partial charge < -0.3 is 4.74 Å². The standard InChI is InChI=1S/C14H14N2O3S/c1-3-20(17,18)13-12(14(13,8-15)9-16)10-4-6-11(19-2)7-5-10/h4-7,12-13H,3H2,1-2H3. The summed E-state index contributed by atoms with van der Waals surface area (Å²) in [6.07, 6.45) is 0. The molecule has 0 aliphatic heterocycles. The van der Waals surface area contributed by atoms with Gasteiger partial charge in [-0.3, -0.25) is 0 Å². The molecule has 6 heteroatoms. The van der Waals surface area contributed by atoms with Crippen molar-refractivity contribution in [1.29, 1.82) is 10.5 Å². The van der Waals surface area contributed by atoms with Crippen molar-refractivity contribution in [2.45, 2.75) is 18.1 Å². The fourth-order valence-corrected chi connectivity index (χ4v) is 4.45. The smallest absolute Gasteiger partial charge is 0.169 e. The van der Waals surface area contributed by atoms with Crippen molar-refractivity contribution in [1.82, 2.24) is 0 Å². The molecule has 1 saturated carbocycles. The summed E-state index contributed by atoms with van der Waals surface area (Å²) in [5.74, 6) is -0.0210. The van der Waals surface area contributed by atoms with Gasteiger partial charge in [0, 0.05) is 11.7 Å². The van der Waals surface area contributed by atoms with Crippen LogP contribution >= 0.6 is 0 Å². The van der Waals surface area contributed by atoms with Gasteiger partial charge in [0.1, 0.15) is 11.0 Å². The minimum Gasteiger partial charge on any atom is -0.497 e. The second kappa shape index (κ2) is 4.81. The Kier molecular flexibility index (Phi) is 3.45. The summed E-state index contributed by atoms with van der Waals surface area (Å²) in [6.45, 7) is 1.53. The predicted octanol–water partition coefficient (Wildman–Crippen LogP) is 1.63. The number of ether oxygens (including phenoxy) is 1. The van der Waals surface area contributed by atoms with E-state index in [1.807, 2.05) is 12.1 Å². The van der Waals surface area contributed by atoms with Gasteiger partial charge in [-0.2, -0.15) is 10.5 Å². The van der Waals surface area contributed by atoms with E-state index in [-0.39, 0.29) is 5.75 Å². The molecule has 1 fully saturated rings. The average Bonchev–Trinajstić information content (AvgIpc) is 3.18. The van der Waals surface area contributed by atoms with Crippen molar-refractivity contribution in [3.63, 3.8) is 0 Å². The molecule has 2 unspecified atom stereocenters. The van der Waals surface area contributed by atoms with Gasteiger partial charge in [-0.15, -0.1) is 0 Å². The Labute approximate surface area is 118 Å². The first-order chi connectivity index (χ1) is 9.46. The number of benzene rings is 1. The molecule has 1 aliphatic carbocycles. The highest BCUT2D eigenvalue weighted by atomic mass is 32.2. The fourth-order valence-electron chi connectivity index (χ4n) is 2.57. The molecule has 0 N–H and O–H groups in total. The minimum absolute atomic E-state index is 0.0740. The molecule has 2 rings (SSSR count). The SMILES string of the molecule is CCS(=O)(=O)C1C(c2ccc(OC)cc2)C1(C#N)C#N. The van der Waals surface area contributed by atoms with E-state index in [1.165, 1.54) is 14.0 Å². The summed E-state index contributed by atoms with van der Waals surface area (Å²) in [6, 6.07) is 10.6. The van der Waals surface area contributed by atoms with E-state index in [0.717, 1.165) is 0 Å². The van der Waals surface area contributed by atoms with Crippen LogP contribution in [0.15, 0.2) is 24.3 Å². The molecule has 0 saturated heterocycles. The zero-order chi connectivity index (χ0) is 15.0. The summed E-state index contributed by atoms with van der Waals surface area (Å²) in [7, 11) is -1.91. The molecule has 1 aliphatic rings. The lowest BCUT2D eigenvalue weighted by Gasteiger charge is -2.02. The average molecular weight is 290 g/mol. The first-order valence-corrected chi connectivity index (χ1v) is 7.86. The Morgan fingerprint density at radius 2 is 1.80 bits per heavy atom. The molecule has 2 atom stereocenters. The maximum absolute atomic E-state index is 12.1. The number of methoxy groups -OCH3 is 1. The van der Waals surface area contributed by atoms with Crippen molar-refractivity contribution in [3.8, 4) is 17.9 Å². The van der Waals surface area contributed by atoms with Crippen molar-refractivity contribution in [3.05, 3.63) is 29.8 Å². The number of hydrogen-bond acceptors (Lipinski definition) is 5. The van der Waals surface area contributed by atoms with Crippen LogP contribution in [0.25, 0.3) is 0 Å². The molecule has 1 aromatic carbocycles. The van der Waals surface area contributed by atoms with E-state index in [9.17, 15) is 18.9 Å². The van der Waals surface area contributed by atoms with Gasteiger partial charge >= 0.3 is 0 Å². The van der Waals surface area contributed by atoms with E-state index in [1.54, 1.807) is 24.3 Å². The first-order valence-electron chi connectivity index (χ1n) is 6.15. The highest BCUT2D eigenvalue weighted by molar-refractivity contribution is 7.92. The van der Waals surface area contributed by atoms with Crippen LogP contribution < -0.4 is 4.74 Å². The Morgan fingerprint density at radius 1 is 1.25 bits per heavy atom. The maximum Gasteiger partial charge on any atom is 0.169 e. The molecular weight excluding hydrogens is 276 g/mol. The largest absolute Gasteiger partial charge is 0.497 e. The van der Waals surface area contributed by atoms with Gasteiger partial charge in [-0.25, -0.2) is 8.42 Å². The van der Waals surface area contributed by atoms with Crippen molar-refractivity contribution in [2.75, 3.05) is 12.9 Å². The lowest BCUT2D eigenvalue weighted by Crippen LogP contribution is -2.15. The molecule has 0 amide bonds. The van der Waals surface area contributed by atoms with Crippen LogP contribution in [0, 0.1) is 28.1 Å². The molecular formula is C14H14N2O3S. The van der Waals surface area contributed by atoms with Gasteiger partial charge in [-0.1, -0.05) is 19.1 Å². The lowest BCUT2D eigenvalue weighted by atomic mass is 10.0. The van der Waals surface area contributed by atoms with E-state index < -0.39 is 26.4 Å². The molecule has 104 valence electrons. The third-order valence-electron chi connectivity index (χ3n) is 3.77. The van der Waals surface area contributed by atoms with Crippen molar-refractivity contribution >= 4 is 9.84 Å². The highest BCUT2D eigenvalue weighted by Crippen LogP contribution is 2.62. The van der Waals surface area contributed by atoms with Crippen LogP contribution in [0.5, 0.6) is 5.75 Å². The van der Waals surface area contributed by atoms with Gasteiger partial charge in [0.15, 0.2) is 15.3 Å². The molecule has 0 aromatic heterocycles.